The quantitative estimate of drug-likeness (QED) is 0.640. The highest BCUT2D eigenvalue weighted by Gasteiger charge is 2.13. The van der Waals surface area contributed by atoms with Gasteiger partial charge >= 0.3 is 0 Å². The van der Waals surface area contributed by atoms with Gasteiger partial charge < -0.3 is 0 Å². The first-order valence-electron chi connectivity index (χ1n) is 6.37. The fourth-order valence-electron chi connectivity index (χ4n) is 2.08. The number of nitrogens with zero attached hydrogens (tertiary/aromatic N) is 1. The van der Waals surface area contributed by atoms with E-state index < -0.39 is 0 Å². The second-order valence-electron chi connectivity index (χ2n) is 4.88. The van der Waals surface area contributed by atoms with Gasteiger partial charge in [-0.2, -0.15) is 0 Å². The van der Waals surface area contributed by atoms with Crippen LogP contribution in [0.2, 0.25) is 10.0 Å². The van der Waals surface area contributed by atoms with E-state index in [0.717, 1.165) is 26.6 Å². The van der Waals surface area contributed by atoms with Crippen molar-refractivity contribution in [3.8, 4) is 0 Å². The topological polar surface area (TPSA) is 3.24 Å². The van der Waals surface area contributed by atoms with Gasteiger partial charge in [0.25, 0.3) is 0 Å². The van der Waals surface area contributed by atoms with E-state index in [4.69, 9.17) is 23.2 Å². The van der Waals surface area contributed by atoms with Crippen LogP contribution < -0.4 is 0 Å². The first-order valence-corrected chi connectivity index (χ1v) is 7.92. The first kappa shape index (κ1) is 15.8. The third kappa shape index (κ3) is 3.98. The minimum Gasteiger partial charge on any atom is -0.295 e. The summed E-state index contributed by atoms with van der Waals surface area (Å²) >= 11 is 15.7. The van der Waals surface area contributed by atoms with Crippen molar-refractivity contribution in [3.05, 3.63) is 68.1 Å². The number of rotatable bonds is 4. The third-order valence-corrected chi connectivity index (χ3v) is 4.51. The number of hydrogen-bond donors (Lipinski definition) is 0. The van der Waals surface area contributed by atoms with Crippen LogP contribution in [0.15, 0.2) is 46.9 Å². The Bertz CT molecular complexity index is 601. The van der Waals surface area contributed by atoms with Crippen molar-refractivity contribution < 1.29 is 0 Å². The summed E-state index contributed by atoms with van der Waals surface area (Å²) in [5.74, 6) is 0. The molecule has 0 aliphatic heterocycles. The van der Waals surface area contributed by atoms with Crippen LogP contribution in [0.25, 0.3) is 0 Å². The van der Waals surface area contributed by atoms with Crippen molar-refractivity contribution in [3.63, 3.8) is 0 Å². The molecule has 0 bridgehead atoms. The highest BCUT2D eigenvalue weighted by atomic mass is 79.9. The highest BCUT2D eigenvalue weighted by molar-refractivity contribution is 9.10. The molecular formula is C16H16BrCl2N. The van der Waals surface area contributed by atoms with Crippen LogP contribution in [0.4, 0.5) is 0 Å². The van der Waals surface area contributed by atoms with Gasteiger partial charge in [0.05, 0.1) is 0 Å². The average Bonchev–Trinajstić information content (AvgIpc) is 2.41. The molecule has 0 aromatic heterocycles. The summed E-state index contributed by atoms with van der Waals surface area (Å²) in [6.45, 7) is 2.96. The molecule has 1 atom stereocenters. The van der Waals surface area contributed by atoms with Crippen molar-refractivity contribution in [2.24, 2.45) is 0 Å². The monoisotopic (exact) mass is 371 g/mol. The molecule has 0 fully saturated rings. The van der Waals surface area contributed by atoms with E-state index in [9.17, 15) is 0 Å². The molecule has 4 heteroatoms. The summed E-state index contributed by atoms with van der Waals surface area (Å²) in [5, 5.41) is 1.55. The van der Waals surface area contributed by atoms with E-state index in [0.29, 0.717) is 0 Å². The van der Waals surface area contributed by atoms with E-state index in [1.165, 1.54) is 5.56 Å². The Balaban J connectivity index is 2.13. The van der Waals surface area contributed by atoms with Crippen LogP contribution in [0.3, 0.4) is 0 Å². The predicted octanol–water partition coefficient (Wildman–Crippen LogP) is 5.95. The van der Waals surface area contributed by atoms with Crippen molar-refractivity contribution in [1.29, 1.82) is 0 Å². The molecule has 0 amide bonds. The first-order chi connectivity index (χ1) is 9.47. The average molecular weight is 373 g/mol. The van der Waals surface area contributed by atoms with Crippen LogP contribution in [-0.4, -0.2) is 11.9 Å². The van der Waals surface area contributed by atoms with Crippen LogP contribution in [-0.2, 0) is 6.54 Å². The molecular weight excluding hydrogens is 357 g/mol. The normalized spacial score (nSPS) is 12.7. The van der Waals surface area contributed by atoms with Gasteiger partial charge in [0.2, 0.25) is 0 Å². The van der Waals surface area contributed by atoms with Gasteiger partial charge in [-0.05, 0) is 49.4 Å². The van der Waals surface area contributed by atoms with Gasteiger partial charge in [-0.15, -0.1) is 0 Å². The second-order valence-corrected chi connectivity index (χ2v) is 6.64. The lowest BCUT2D eigenvalue weighted by molar-refractivity contribution is 0.253. The maximum atomic E-state index is 6.27. The maximum absolute atomic E-state index is 6.27. The van der Waals surface area contributed by atoms with Crippen LogP contribution >= 0.6 is 39.1 Å². The smallest absolute Gasteiger partial charge is 0.0462 e. The molecule has 0 N–H and O–H groups in total. The molecule has 20 heavy (non-hydrogen) atoms. The second kappa shape index (κ2) is 6.95. The van der Waals surface area contributed by atoms with Crippen molar-refractivity contribution in [1.82, 2.24) is 4.90 Å². The van der Waals surface area contributed by atoms with E-state index in [1.54, 1.807) is 0 Å². The molecule has 0 aliphatic carbocycles. The Morgan fingerprint density at radius 3 is 2.55 bits per heavy atom. The molecule has 0 spiro atoms. The molecule has 0 saturated carbocycles. The molecule has 106 valence electrons. The fraction of sp³-hybridized carbons (Fsp3) is 0.250. The van der Waals surface area contributed by atoms with Crippen LogP contribution in [0.1, 0.15) is 24.1 Å². The summed E-state index contributed by atoms with van der Waals surface area (Å²) in [6.07, 6.45) is 0. The zero-order valence-corrected chi connectivity index (χ0v) is 14.5. The van der Waals surface area contributed by atoms with E-state index in [-0.39, 0.29) is 6.04 Å². The summed E-state index contributed by atoms with van der Waals surface area (Å²) in [4.78, 5) is 2.25. The third-order valence-electron chi connectivity index (χ3n) is 3.43. The fourth-order valence-corrected chi connectivity index (χ4v) is 3.01. The lowest BCUT2D eigenvalue weighted by Crippen LogP contribution is -2.22. The largest absolute Gasteiger partial charge is 0.295 e. The Kier molecular flexibility index (Phi) is 5.50. The summed E-state index contributed by atoms with van der Waals surface area (Å²) < 4.78 is 0.997. The summed E-state index contributed by atoms with van der Waals surface area (Å²) in [5.41, 5.74) is 2.32. The van der Waals surface area contributed by atoms with Crippen molar-refractivity contribution in [2.45, 2.75) is 19.5 Å². The predicted molar refractivity (Wildman–Crippen MR) is 90.5 cm³/mol. The maximum Gasteiger partial charge on any atom is 0.0462 e. The molecule has 2 aromatic rings. The van der Waals surface area contributed by atoms with Gasteiger partial charge in [-0.25, -0.2) is 0 Å². The van der Waals surface area contributed by atoms with Crippen LogP contribution in [0, 0.1) is 0 Å². The van der Waals surface area contributed by atoms with E-state index in [1.807, 2.05) is 36.4 Å². The van der Waals surface area contributed by atoms with Crippen molar-refractivity contribution >= 4 is 39.1 Å². The number of benzene rings is 2. The SMILES string of the molecule is CC(c1cccc(Cl)c1)N(C)Cc1ccc(Br)cc1Cl. The van der Waals surface area contributed by atoms with Gasteiger partial charge in [0.15, 0.2) is 0 Å². The molecule has 0 heterocycles. The standard InChI is InChI=1S/C16H16BrCl2N/c1-11(12-4-3-5-15(18)8-12)20(2)10-13-6-7-14(17)9-16(13)19/h3-9,11H,10H2,1-2H3. The molecule has 1 unspecified atom stereocenters. The van der Waals surface area contributed by atoms with E-state index >= 15 is 0 Å². The van der Waals surface area contributed by atoms with E-state index in [2.05, 4.69) is 40.9 Å². The molecule has 0 aliphatic rings. The molecule has 0 radical (unpaired) electrons. The zero-order valence-electron chi connectivity index (χ0n) is 11.4. The lowest BCUT2D eigenvalue weighted by atomic mass is 10.1. The van der Waals surface area contributed by atoms with Gasteiger partial charge in [-0.1, -0.05) is 57.3 Å². The summed E-state index contributed by atoms with van der Waals surface area (Å²) in [7, 11) is 2.09. The molecule has 0 saturated heterocycles. The van der Waals surface area contributed by atoms with Crippen molar-refractivity contribution in [2.75, 3.05) is 7.05 Å². The molecule has 2 rings (SSSR count). The highest BCUT2D eigenvalue weighted by Crippen LogP contribution is 2.27. The number of hydrogen-bond acceptors (Lipinski definition) is 1. The zero-order chi connectivity index (χ0) is 14.7. The minimum absolute atomic E-state index is 0.272. The Hall–Kier alpha value is -0.540. The number of halogens is 3. The Morgan fingerprint density at radius 2 is 1.90 bits per heavy atom. The van der Waals surface area contributed by atoms with Crippen LogP contribution in [0.5, 0.6) is 0 Å². The van der Waals surface area contributed by atoms with Gasteiger partial charge in [0, 0.05) is 27.1 Å². The summed E-state index contributed by atoms with van der Waals surface area (Å²) in [6, 6.07) is 14.2. The lowest BCUT2D eigenvalue weighted by Gasteiger charge is -2.25. The van der Waals surface area contributed by atoms with Gasteiger partial charge in [-0.3, -0.25) is 4.90 Å². The molecule has 1 nitrogen and oxygen atoms in total. The van der Waals surface area contributed by atoms with Gasteiger partial charge in [0.1, 0.15) is 0 Å². The Morgan fingerprint density at radius 1 is 1.15 bits per heavy atom. The minimum atomic E-state index is 0.272. The molecule has 2 aromatic carbocycles. The Labute approximate surface area is 138 Å².